The normalized spacial score (nSPS) is 10.3. The Kier molecular flexibility index (Phi) is 4.30. The average molecular weight is 273 g/mol. The molecule has 2 aromatic rings. The number of amides is 1. The van der Waals surface area contributed by atoms with Gasteiger partial charge in [0.15, 0.2) is 0 Å². The second kappa shape index (κ2) is 6.14. The maximum Gasteiger partial charge on any atom is 0.251 e. The summed E-state index contributed by atoms with van der Waals surface area (Å²) in [5, 5.41) is 2.75. The highest BCUT2D eigenvalue weighted by atomic mass is 16.3. The van der Waals surface area contributed by atoms with Crippen molar-refractivity contribution in [1.82, 2.24) is 5.32 Å². The summed E-state index contributed by atoms with van der Waals surface area (Å²) in [7, 11) is 1.93. The Morgan fingerprint density at radius 2 is 2.20 bits per heavy atom. The molecule has 1 heterocycles. The van der Waals surface area contributed by atoms with Gasteiger partial charge >= 0.3 is 0 Å². The topological polar surface area (TPSA) is 71.5 Å². The number of nitrogens with one attached hydrogen (secondary N) is 1. The van der Waals surface area contributed by atoms with Crippen molar-refractivity contribution in [2.24, 2.45) is 0 Å². The largest absolute Gasteiger partial charge is 0.467 e. The van der Waals surface area contributed by atoms with Crippen LogP contribution < -0.4 is 16.0 Å². The van der Waals surface area contributed by atoms with Gasteiger partial charge < -0.3 is 20.4 Å². The minimum Gasteiger partial charge on any atom is -0.467 e. The molecule has 1 aromatic carbocycles. The zero-order valence-corrected chi connectivity index (χ0v) is 11.7. The minimum atomic E-state index is -0.112. The van der Waals surface area contributed by atoms with Crippen molar-refractivity contribution in [3.05, 3.63) is 47.9 Å². The van der Waals surface area contributed by atoms with Gasteiger partial charge in [-0.15, -0.1) is 0 Å². The van der Waals surface area contributed by atoms with E-state index in [0.717, 1.165) is 11.4 Å². The van der Waals surface area contributed by atoms with E-state index in [1.165, 1.54) is 0 Å². The molecule has 0 aliphatic heterocycles. The maximum absolute atomic E-state index is 11.7. The van der Waals surface area contributed by atoms with Gasteiger partial charge in [0.05, 0.1) is 24.2 Å². The lowest BCUT2D eigenvalue weighted by atomic mass is 10.1. The standard InChI is InChI=1S/C15H19N3O2/c1-3-17-15(19)11-6-7-14(13(16)9-11)18(2)10-12-5-4-8-20-12/h4-9H,3,10,16H2,1-2H3,(H,17,19). The summed E-state index contributed by atoms with van der Waals surface area (Å²) >= 11 is 0. The molecule has 0 fully saturated rings. The van der Waals surface area contributed by atoms with E-state index in [2.05, 4.69) is 5.32 Å². The molecule has 5 nitrogen and oxygen atoms in total. The molecule has 0 aliphatic rings. The number of nitrogen functional groups attached to an aromatic ring is 1. The SMILES string of the molecule is CCNC(=O)c1ccc(N(C)Cc2ccco2)c(N)c1. The first-order valence-electron chi connectivity index (χ1n) is 6.53. The molecule has 0 saturated heterocycles. The van der Waals surface area contributed by atoms with Gasteiger partial charge in [0.1, 0.15) is 5.76 Å². The number of nitrogens with zero attached hydrogens (tertiary/aromatic N) is 1. The molecule has 20 heavy (non-hydrogen) atoms. The van der Waals surface area contributed by atoms with Crippen molar-refractivity contribution in [1.29, 1.82) is 0 Å². The first-order valence-corrected chi connectivity index (χ1v) is 6.53. The van der Waals surface area contributed by atoms with Crippen LogP contribution in [0.1, 0.15) is 23.0 Å². The van der Waals surface area contributed by atoms with E-state index in [0.29, 0.717) is 24.3 Å². The smallest absolute Gasteiger partial charge is 0.251 e. The van der Waals surface area contributed by atoms with E-state index in [1.807, 2.05) is 37.1 Å². The number of hydrogen-bond acceptors (Lipinski definition) is 4. The Balaban J connectivity index is 2.14. The molecule has 0 saturated carbocycles. The van der Waals surface area contributed by atoms with E-state index < -0.39 is 0 Å². The summed E-state index contributed by atoms with van der Waals surface area (Å²) in [6, 6.07) is 9.08. The monoisotopic (exact) mass is 273 g/mol. The van der Waals surface area contributed by atoms with Crippen LogP contribution in [-0.4, -0.2) is 19.5 Å². The number of nitrogens with two attached hydrogens (primary N) is 1. The van der Waals surface area contributed by atoms with Crippen LogP contribution in [0.4, 0.5) is 11.4 Å². The van der Waals surface area contributed by atoms with Gasteiger partial charge in [-0.2, -0.15) is 0 Å². The zero-order valence-electron chi connectivity index (χ0n) is 11.7. The Morgan fingerprint density at radius 3 is 2.80 bits per heavy atom. The van der Waals surface area contributed by atoms with Crippen LogP contribution >= 0.6 is 0 Å². The lowest BCUT2D eigenvalue weighted by molar-refractivity contribution is 0.0956. The zero-order chi connectivity index (χ0) is 14.5. The molecular weight excluding hydrogens is 254 g/mol. The number of carbonyl (C=O) groups is 1. The Morgan fingerprint density at radius 1 is 1.40 bits per heavy atom. The number of carbonyl (C=O) groups excluding carboxylic acids is 1. The fraction of sp³-hybridized carbons (Fsp3) is 0.267. The van der Waals surface area contributed by atoms with E-state index in [-0.39, 0.29) is 5.91 Å². The van der Waals surface area contributed by atoms with Crippen molar-refractivity contribution in [3.63, 3.8) is 0 Å². The number of furan rings is 1. The first kappa shape index (κ1) is 14.0. The molecule has 5 heteroatoms. The van der Waals surface area contributed by atoms with Crippen molar-refractivity contribution in [2.45, 2.75) is 13.5 Å². The van der Waals surface area contributed by atoms with Crippen LogP contribution in [-0.2, 0) is 6.54 Å². The first-order chi connectivity index (χ1) is 9.61. The van der Waals surface area contributed by atoms with Gasteiger partial charge in [-0.05, 0) is 37.3 Å². The van der Waals surface area contributed by atoms with Crippen molar-refractivity contribution in [3.8, 4) is 0 Å². The van der Waals surface area contributed by atoms with Crippen molar-refractivity contribution in [2.75, 3.05) is 24.2 Å². The summed E-state index contributed by atoms with van der Waals surface area (Å²) in [6.45, 7) is 3.10. The number of hydrogen-bond donors (Lipinski definition) is 2. The van der Waals surface area contributed by atoms with Crippen LogP contribution in [0.25, 0.3) is 0 Å². The highest BCUT2D eigenvalue weighted by Crippen LogP contribution is 2.24. The second-order valence-electron chi connectivity index (χ2n) is 4.57. The molecule has 3 N–H and O–H groups in total. The average Bonchev–Trinajstić information content (AvgIpc) is 2.91. The molecule has 0 aliphatic carbocycles. The Labute approximate surface area is 118 Å². The van der Waals surface area contributed by atoms with Crippen LogP contribution in [0.2, 0.25) is 0 Å². The predicted octanol–water partition coefficient (Wildman–Crippen LogP) is 2.25. The molecule has 0 unspecified atom stereocenters. The van der Waals surface area contributed by atoms with Crippen LogP contribution in [0, 0.1) is 0 Å². The van der Waals surface area contributed by atoms with E-state index >= 15 is 0 Å². The maximum atomic E-state index is 11.7. The lowest BCUT2D eigenvalue weighted by Gasteiger charge is -2.20. The van der Waals surface area contributed by atoms with Gasteiger partial charge in [0.25, 0.3) is 5.91 Å². The summed E-state index contributed by atoms with van der Waals surface area (Å²) in [5.41, 5.74) is 8.04. The summed E-state index contributed by atoms with van der Waals surface area (Å²) in [5.74, 6) is 0.749. The molecule has 1 aromatic heterocycles. The van der Waals surface area contributed by atoms with E-state index in [4.69, 9.17) is 10.2 Å². The molecule has 1 amide bonds. The Hall–Kier alpha value is -2.43. The fourth-order valence-corrected chi connectivity index (χ4v) is 2.03. The van der Waals surface area contributed by atoms with Crippen LogP contribution in [0.3, 0.4) is 0 Å². The lowest BCUT2D eigenvalue weighted by Crippen LogP contribution is -2.23. The van der Waals surface area contributed by atoms with E-state index in [1.54, 1.807) is 18.4 Å². The van der Waals surface area contributed by atoms with Gasteiger partial charge in [0, 0.05) is 19.2 Å². The Bertz CT molecular complexity index is 579. The van der Waals surface area contributed by atoms with Gasteiger partial charge in [-0.25, -0.2) is 0 Å². The number of benzene rings is 1. The van der Waals surface area contributed by atoms with Crippen molar-refractivity contribution >= 4 is 17.3 Å². The highest BCUT2D eigenvalue weighted by Gasteiger charge is 2.11. The summed E-state index contributed by atoms with van der Waals surface area (Å²) < 4.78 is 5.31. The predicted molar refractivity (Wildman–Crippen MR) is 79.7 cm³/mol. The quantitative estimate of drug-likeness (QED) is 0.820. The fourth-order valence-electron chi connectivity index (χ4n) is 2.03. The third-order valence-electron chi connectivity index (χ3n) is 3.01. The van der Waals surface area contributed by atoms with Crippen LogP contribution in [0.5, 0.6) is 0 Å². The van der Waals surface area contributed by atoms with Gasteiger partial charge in [0.2, 0.25) is 0 Å². The van der Waals surface area contributed by atoms with Crippen LogP contribution in [0.15, 0.2) is 41.0 Å². The molecular formula is C15H19N3O2. The third kappa shape index (κ3) is 3.12. The molecule has 106 valence electrons. The molecule has 0 atom stereocenters. The van der Waals surface area contributed by atoms with Gasteiger partial charge in [-0.1, -0.05) is 0 Å². The van der Waals surface area contributed by atoms with Crippen molar-refractivity contribution < 1.29 is 9.21 Å². The highest BCUT2D eigenvalue weighted by molar-refractivity contribution is 5.96. The molecule has 2 rings (SSSR count). The number of rotatable bonds is 5. The minimum absolute atomic E-state index is 0.112. The second-order valence-corrected chi connectivity index (χ2v) is 4.57. The molecule has 0 radical (unpaired) electrons. The van der Waals surface area contributed by atoms with E-state index in [9.17, 15) is 4.79 Å². The van der Waals surface area contributed by atoms with Gasteiger partial charge in [-0.3, -0.25) is 4.79 Å². The number of anilines is 2. The summed E-state index contributed by atoms with van der Waals surface area (Å²) in [6.07, 6.45) is 1.64. The molecule has 0 bridgehead atoms. The summed E-state index contributed by atoms with van der Waals surface area (Å²) in [4.78, 5) is 13.7. The third-order valence-corrected chi connectivity index (χ3v) is 3.01. The molecule has 0 spiro atoms.